The van der Waals surface area contributed by atoms with E-state index in [-0.39, 0.29) is 18.7 Å². The van der Waals surface area contributed by atoms with Crippen molar-refractivity contribution >= 4 is 11.8 Å². The van der Waals surface area contributed by atoms with Crippen LogP contribution in [0.2, 0.25) is 0 Å². The van der Waals surface area contributed by atoms with Gasteiger partial charge in [-0.1, -0.05) is 60.7 Å². The zero-order chi connectivity index (χ0) is 24.7. The lowest BCUT2D eigenvalue weighted by Crippen LogP contribution is -2.27. The Kier molecular flexibility index (Phi) is 8.10. The van der Waals surface area contributed by atoms with Crippen LogP contribution >= 0.6 is 0 Å². The molecule has 3 aromatic rings. The van der Waals surface area contributed by atoms with E-state index in [1.165, 1.54) is 0 Å². The Balaban J connectivity index is 1.35. The third kappa shape index (κ3) is 7.10. The molecule has 4 rings (SSSR count). The van der Waals surface area contributed by atoms with Crippen molar-refractivity contribution < 1.29 is 19.0 Å². The number of aromatic nitrogens is 2. The number of esters is 1. The minimum atomic E-state index is -0.507. The van der Waals surface area contributed by atoms with Crippen LogP contribution in [0.1, 0.15) is 27.2 Å². The number of rotatable bonds is 9. The number of carbonyl (C=O) groups is 1. The lowest BCUT2D eigenvalue weighted by Gasteiger charge is -2.20. The summed E-state index contributed by atoms with van der Waals surface area (Å²) in [5.74, 6) is 0.479. The van der Waals surface area contributed by atoms with Gasteiger partial charge in [0.15, 0.2) is 0 Å². The van der Waals surface area contributed by atoms with Crippen molar-refractivity contribution in [3.05, 3.63) is 66.9 Å². The maximum atomic E-state index is 11.7. The van der Waals surface area contributed by atoms with E-state index >= 15 is 0 Å². The molecule has 1 aliphatic heterocycles. The second-order valence-electron chi connectivity index (χ2n) is 9.52. The second-order valence-corrected chi connectivity index (χ2v) is 9.52. The first kappa shape index (κ1) is 24.8. The summed E-state index contributed by atoms with van der Waals surface area (Å²) >= 11 is 0. The first-order chi connectivity index (χ1) is 16.9. The molecule has 0 saturated carbocycles. The normalized spacial score (nSPS) is 15.9. The minimum Gasteiger partial charge on any atom is -0.458 e. The maximum absolute atomic E-state index is 11.7. The minimum absolute atomic E-state index is 0.0664. The average Bonchev–Trinajstić information content (AvgIpc) is 3.32. The molecule has 1 unspecified atom stereocenters. The quantitative estimate of drug-likeness (QED) is 0.326. The van der Waals surface area contributed by atoms with Gasteiger partial charge in [-0.05, 0) is 27.2 Å². The molecule has 0 aliphatic carbocycles. The number of anilines is 1. The van der Waals surface area contributed by atoms with Crippen LogP contribution < -0.4 is 4.90 Å². The third-order valence-corrected chi connectivity index (χ3v) is 5.54. The van der Waals surface area contributed by atoms with Gasteiger partial charge in [0.2, 0.25) is 0 Å². The zero-order valence-corrected chi connectivity index (χ0v) is 20.6. The molecule has 1 fully saturated rings. The van der Waals surface area contributed by atoms with Gasteiger partial charge in [0.1, 0.15) is 18.0 Å². The van der Waals surface area contributed by atoms with Crippen LogP contribution in [0.3, 0.4) is 0 Å². The van der Waals surface area contributed by atoms with E-state index in [0.717, 1.165) is 47.8 Å². The molecule has 0 spiro atoms. The van der Waals surface area contributed by atoms with Crippen molar-refractivity contribution in [3.8, 4) is 22.5 Å². The molecule has 1 atom stereocenters. The van der Waals surface area contributed by atoms with Gasteiger partial charge in [-0.2, -0.15) is 0 Å². The van der Waals surface area contributed by atoms with Gasteiger partial charge in [-0.15, -0.1) is 0 Å². The average molecular weight is 476 g/mol. The molecule has 1 saturated heterocycles. The number of nitrogens with zero attached hydrogens (tertiary/aromatic N) is 3. The van der Waals surface area contributed by atoms with Gasteiger partial charge in [0.25, 0.3) is 0 Å². The molecular weight excluding hydrogens is 442 g/mol. The van der Waals surface area contributed by atoms with Gasteiger partial charge in [-0.25, -0.2) is 9.78 Å². The highest BCUT2D eigenvalue weighted by molar-refractivity contribution is 5.78. The Morgan fingerprint density at radius 1 is 0.971 bits per heavy atom. The molecule has 184 valence electrons. The van der Waals surface area contributed by atoms with E-state index in [9.17, 15) is 4.79 Å². The SMILES string of the molecule is CC(C)(C)OC(=O)COCCOC1CCN(c2cnc(-c3ccccc3)c(-c3ccccc3)n2)C1. The van der Waals surface area contributed by atoms with E-state index in [2.05, 4.69) is 29.2 Å². The molecule has 7 nitrogen and oxygen atoms in total. The van der Waals surface area contributed by atoms with Crippen molar-refractivity contribution in [1.29, 1.82) is 0 Å². The monoisotopic (exact) mass is 475 g/mol. The molecule has 0 radical (unpaired) electrons. The lowest BCUT2D eigenvalue weighted by molar-refractivity contribution is -0.160. The zero-order valence-electron chi connectivity index (χ0n) is 20.6. The standard InChI is InChI=1S/C28H33N3O4/c1-28(2,3)35-25(32)20-33-16-17-34-23-14-15-31(19-23)24-18-29-26(21-10-6-4-7-11-21)27(30-24)22-12-8-5-9-13-22/h4-13,18,23H,14-17,19-20H2,1-3H3. The van der Waals surface area contributed by atoms with Crippen molar-refractivity contribution in [2.45, 2.75) is 38.9 Å². The van der Waals surface area contributed by atoms with Crippen LogP contribution in [0, 0.1) is 0 Å². The Morgan fingerprint density at radius 3 is 2.29 bits per heavy atom. The molecule has 1 aromatic heterocycles. The molecule has 35 heavy (non-hydrogen) atoms. The molecule has 0 bridgehead atoms. The van der Waals surface area contributed by atoms with E-state index in [1.54, 1.807) is 0 Å². The number of carbonyl (C=O) groups excluding carboxylic acids is 1. The molecule has 0 N–H and O–H groups in total. The summed E-state index contributed by atoms with van der Waals surface area (Å²) in [7, 11) is 0. The van der Waals surface area contributed by atoms with Gasteiger partial charge < -0.3 is 19.1 Å². The van der Waals surface area contributed by atoms with Gasteiger partial charge in [0, 0.05) is 24.2 Å². The van der Waals surface area contributed by atoms with Crippen molar-refractivity contribution in [2.75, 3.05) is 37.8 Å². The van der Waals surface area contributed by atoms with Gasteiger partial charge in [0.05, 0.1) is 36.9 Å². The molecule has 2 aromatic carbocycles. The smallest absolute Gasteiger partial charge is 0.332 e. The number of benzene rings is 2. The second kappa shape index (κ2) is 11.4. The molecule has 2 heterocycles. The Morgan fingerprint density at radius 2 is 1.63 bits per heavy atom. The first-order valence-electron chi connectivity index (χ1n) is 12.0. The van der Waals surface area contributed by atoms with Crippen molar-refractivity contribution in [1.82, 2.24) is 9.97 Å². The van der Waals surface area contributed by atoms with Crippen LogP contribution in [-0.4, -0.2) is 60.6 Å². The number of hydrogen-bond donors (Lipinski definition) is 0. The molecular formula is C28H33N3O4. The summed E-state index contributed by atoms with van der Waals surface area (Å²) in [6, 6.07) is 20.3. The Labute approximate surface area is 207 Å². The van der Waals surface area contributed by atoms with E-state index in [4.69, 9.17) is 24.2 Å². The van der Waals surface area contributed by atoms with E-state index in [1.807, 2.05) is 63.4 Å². The fraction of sp³-hybridized carbons (Fsp3) is 0.393. The summed E-state index contributed by atoms with van der Waals surface area (Å²) in [6.45, 7) is 7.79. The summed E-state index contributed by atoms with van der Waals surface area (Å²) in [5, 5.41) is 0. The van der Waals surface area contributed by atoms with Crippen LogP contribution in [0.25, 0.3) is 22.5 Å². The van der Waals surface area contributed by atoms with Crippen LogP contribution in [0.5, 0.6) is 0 Å². The summed E-state index contributed by atoms with van der Waals surface area (Å²) < 4.78 is 16.6. The van der Waals surface area contributed by atoms with Crippen LogP contribution in [0.15, 0.2) is 66.9 Å². The lowest BCUT2D eigenvalue weighted by atomic mass is 10.0. The highest BCUT2D eigenvalue weighted by Crippen LogP contribution is 2.31. The van der Waals surface area contributed by atoms with Crippen molar-refractivity contribution in [2.24, 2.45) is 0 Å². The summed E-state index contributed by atoms with van der Waals surface area (Å²) in [5.41, 5.74) is 3.31. The molecule has 1 aliphatic rings. The fourth-order valence-electron chi connectivity index (χ4n) is 4.01. The molecule has 0 amide bonds. The van der Waals surface area contributed by atoms with Gasteiger partial charge in [-0.3, -0.25) is 4.98 Å². The fourth-order valence-corrected chi connectivity index (χ4v) is 4.01. The maximum Gasteiger partial charge on any atom is 0.332 e. The summed E-state index contributed by atoms with van der Waals surface area (Å²) in [6.07, 6.45) is 2.83. The van der Waals surface area contributed by atoms with Gasteiger partial charge >= 0.3 is 5.97 Å². The Hall–Kier alpha value is -3.29. The van der Waals surface area contributed by atoms with Crippen LogP contribution in [-0.2, 0) is 19.0 Å². The summed E-state index contributed by atoms with van der Waals surface area (Å²) in [4.78, 5) is 23.8. The number of ether oxygens (including phenoxy) is 3. The largest absolute Gasteiger partial charge is 0.458 e. The van der Waals surface area contributed by atoms with Crippen LogP contribution in [0.4, 0.5) is 5.82 Å². The highest BCUT2D eigenvalue weighted by atomic mass is 16.6. The highest BCUT2D eigenvalue weighted by Gasteiger charge is 2.25. The number of hydrogen-bond acceptors (Lipinski definition) is 7. The topological polar surface area (TPSA) is 73.8 Å². The third-order valence-electron chi connectivity index (χ3n) is 5.54. The van der Waals surface area contributed by atoms with E-state index < -0.39 is 5.60 Å². The molecule has 7 heteroatoms. The first-order valence-corrected chi connectivity index (χ1v) is 12.0. The predicted molar refractivity (Wildman–Crippen MR) is 136 cm³/mol. The van der Waals surface area contributed by atoms with Crippen molar-refractivity contribution in [3.63, 3.8) is 0 Å². The predicted octanol–water partition coefficient (Wildman–Crippen LogP) is 4.76. The Bertz CT molecular complexity index is 1100. The van der Waals surface area contributed by atoms with E-state index in [0.29, 0.717) is 13.2 Å².